The number of hydrogen-bond acceptors (Lipinski definition) is 3. The van der Waals surface area contributed by atoms with Crippen LogP contribution in [-0.4, -0.2) is 17.8 Å². The van der Waals surface area contributed by atoms with E-state index in [4.69, 9.17) is 10.8 Å². The van der Waals surface area contributed by atoms with E-state index in [0.29, 0.717) is 6.54 Å². The lowest BCUT2D eigenvalue weighted by Crippen LogP contribution is -2.16. The molecular formula is C11H18N2O. The maximum absolute atomic E-state index is 9.13. The summed E-state index contributed by atoms with van der Waals surface area (Å²) in [5, 5.41) is 12.2. The van der Waals surface area contributed by atoms with Crippen molar-refractivity contribution in [2.75, 3.05) is 17.6 Å². The van der Waals surface area contributed by atoms with E-state index in [2.05, 4.69) is 5.32 Å². The molecule has 0 aliphatic rings. The molecule has 1 rings (SSSR count). The SMILES string of the molecule is Cc1cc(N)c(NCC(C)O)cc1C. The van der Waals surface area contributed by atoms with Crippen LogP contribution in [0, 0.1) is 13.8 Å². The Labute approximate surface area is 84.9 Å². The third-order valence-electron chi connectivity index (χ3n) is 2.25. The highest BCUT2D eigenvalue weighted by Crippen LogP contribution is 2.22. The van der Waals surface area contributed by atoms with Crippen molar-refractivity contribution in [3.8, 4) is 0 Å². The highest BCUT2D eigenvalue weighted by molar-refractivity contribution is 5.68. The largest absolute Gasteiger partial charge is 0.397 e. The summed E-state index contributed by atoms with van der Waals surface area (Å²) in [6.45, 7) is 6.34. The van der Waals surface area contributed by atoms with Crippen LogP contribution < -0.4 is 11.1 Å². The highest BCUT2D eigenvalue weighted by Gasteiger charge is 2.02. The Morgan fingerprint density at radius 2 is 1.93 bits per heavy atom. The number of anilines is 2. The van der Waals surface area contributed by atoms with Crippen LogP contribution >= 0.6 is 0 Å². The number of nitrogen functional groups attached to an aromatic ring is 1. The molecule has 1 atom stereocenters. The molecule has 0 aromatic heterocycles. The molecule has 3 nitrogen and oxygen atoms in total. The van der Waals surface area contributed by atoms with Crippen LogP contribution in [0.25, 0.3) is 0 Å². The molecule has 0 radical (unpaired) electrons. The molecule has 1 aromatic carbocycles. The summed E-state index contributed by atoms with van der Waals surface area (Å²) in [4.78, 5) is 0. The van der Waals surface area contributed by atoms with Gasteiger partial charge in [0.2, 0.25) is 0 Å². The fourth-order valence-corrected chi connectivity index (χ4v) is 1.25. The van der Waals surface area contributed by atoms with Crippen molar-refractivity contribution in [3.63, 3.8) is 0 Å². The van der Waals surface area contributed by atoms with Gasteiger partial charge in [-0.15, -0.1) is 0 Å². The molecule has 1 aromatic rings. The molecule has 3 heteroatoms. The van der Waals surface area contributed by atoms with Crippen LogP contribution in [0.1, 0.15) is 18.1 Å². The molecule has 0 bridgehead atoms. The predicted octanol–water partition coefficient (Wildman–Crippen LogP) is 1.68. The molecule has 0 aliphatic carbocycles. The monoisotopic (exact) mass is 194 g/mol. The summed E-state index contributed by atoms with van der Waals surface area (Å²) in [7, 11) is 0. The number of aliphatic hydroxyl groups is 1. The summed E-state index contributed by atoms with van der Waals surface area (Å²) in [5.74, 6) is 0. The Kier molecular flexibility index (Phi) is 3.36. The van der Waals surface area contributed by atoms with Crippen molar-refractivity contribution in [2.24, 2.45) is 0 Å². The number of aryl methyl sites for hydroxylation is 2. The van der Waals surface area contributed by atoms with E-state index in [1.165, 1.54) is 11.1 Å². The number of nitrogens with two attached hydrogens (primary N) is 1. The number of hydrogen-bond donors (Lipinski definition) is 3. The van der Waals surface area contributed by atoms with Gasteiger partial charge in [0.1, 0.15) is 0 Å². The minimum absolute atomic E-state index is 0.365. The molecule has 0 fully saturated rings. The summed E-state index contributed by atoms with van der Waals surface area (Å²) in [5.41, 5.74) is 9.85. The summed E-state index contributed by atoms with van der Waals surface area (Å²) in [6.07, 6.45) is -0.365. The number of aliphatic hydroxyl groups excluding tert-OH is 1. The Balaban J connectivity index is 2.82. The molecule has 1 unspecified atom stereocenters. The van der Waals surface area contributed by atoms with Gasteiger partial charge in [0, 0.05) is 6.54 Å². The number of rotatable bonds is 3. The van der Waals surface area contributed by atoms with Crippen molar-refractivity contribution < 1.29 is 5.11 Å². The van der Waals surface area contributed by atoms with Gasteiger partial charge in [0.05, 0.1) is 17.5 Å². The van der Waals surface area contributed by atoms with Gasteiger partial charge in [-0.25, -0.2) is 0 Å². The van der Waals surface area contributed by atoms with Crippen molar-refractivity contribution in [1.29, 1.82) is 0 Å². The smallest absolute Gasteiger partial charge is 0.0684 e. The van der Waals surface area contributed by atoms with Crippen molar-refractivity contribution in [2.45, 2.75) is 26.9 Å². The second-order valence-corrected chi connectivity index (χ2v) is 3.75. The quantitative estimate of drug-likeness (QED) is 0.642. The Morgan fingerprint density at radius 3 is 2.50 bits per heavy atom. The lowest BCUT2D eigenvalue weighted by atomic mass is 10.1. The molecule has 4 N–H and O–H groups in total. The van der Waals surface area contributed by atoms with E-state index in [-0.39, 0.29) is 6.10 Å². The zero-order chi connectivity index (χ0) is 10.7. The Morgan fingerprint density at radius 1 is 1.36 bits per heavy atom. The molecule has 0 amide bonds. The van der Waals surface area contributed by atoms with E-state index in [0.717, 1.165) is 11.4 Å². The normalized spacial score (nSPS) is 12.6. The van der Waals surface area contributed by atoms with E-state index < -0.39 is 0 Å². The van der Waals surface area contributed by atoms with Gasteiger partial charge in [0.15, 0.2) is 0 Å². The van der Waals surface area contributed by atoms with Crippen LogP contribution in [0.4, 0.5) is 11.4 Å². The fourth-order valence-electron chi connectivity index (χ4n) is 1.25. The molecule has 78 valence electrons. The first kappa shape index (κ1) is 10.9. The van der Waals surface area contributed by atoms with Crippen molar-refractivity contribution >= 4 is 11.4 Å². The van der Waals surface area contributed by atoms with E-state index in [1.807, 2.05) is 26.0 Å². The van der Waals surface area contributed by atoms with Gasteiger partial charge >= 0.3 is 0 Å². The maximum Gasteiger partial charge on any atom is 0.0684 e. The first-order valence-corrected chi connectivity index (χ1v) is 4.79. The fraction of sp³-hybridized carbons (Fsp3) is 0.455. The van der Waals surface area contributed by atoms with Crippen LogP contribution in [0.2, 0.25) is 0 Å². The van der Waals surface area contributed by atoms with Gasteiger partial charge in [-0.2, -0.15) is 0 Å². The lowest BCUT2D eigenvalue weighted by molar-refractivity contribution is 0.208. The van der Waals surface area contributed by atoms with Crippen molar-refractivity contribution in [1.82, 2.24) is 0 Å². The molecular weight excluding hydrogens is 176 g/mol. The van der Waals surface area contributed by atoms with E-state index in [1.54, 1.807) is 6.92 Å². The standard InChI is InChI=1S/C11H18N2O/c1-7-4-10(12)11(5-8(7)2)13-6-9(3)14/h4-5,9,13-14H,6,12H2,1-3H3. The molecule has 0 saturated heterocycles. The van der Waals surface area contributed by atoms with Crippen LogP contribution in [-0.2, 0) is 0 Å². The minimum Gasteiger partial charge on any atom is -0.397 e. The maximum atomic E-state index is 9.13. The van der Waals surface area contributed by atoms with Crippen LogP contribution in [0.15, 0.2) is 12.1 Å². The minimum atomic E-state index is -0.365. The summed E-state index contributed by atoms with van der Waals surface area (Å²) in [6, 6.07) is 3.95. The molecule has 0 saturated carbocycles. The molecule has 0 spiro atoms. The van der Waals surface area contributed by atoms with Crippen LogP contribution in [0.5, 0.6) is 0 Å². The average Bonchev–Trinajstić information content (AvgIpc) is 2.09. The lowest BCUT2D eigenvalue weighted by Gasteiger charge is -2.13. The highest BCUT2D eigenvalue weighted by atomic mass is 16.3. The number of nitrogens with one attached hydrogen (secondary N) is 1. The zero-order valence-corrected chi connectivity index (χ0v) is 8.96. The first-order valence-electron chi connectivity index (χ1n) is 4.79. The van der Waals surface area contributed by atoms with E-state index >= 15 is 0 Å². The Hall–Kier alpha value is -1.22. The summed E-state index contributed by atoms with van der Waals surface area (Å²) < 4.78 is 0. The van der Waals surface area contributed by atoms with Gasteiger partial charge < -0.3 is 16.2 Å². The average molecular weight is 194 g/mol. The number of benzene rings is 1. The molecule has 14 heavy (non-hydrogen) atoms. The van der Waals surface area contributed by atoms with Gasteiger partial charge in [0.25, 0.3) is 0 Å². The third kappa shape index (κ3) is 2.64. The van der Waals surface area contributed by atoms with Crippen molar-refractivity contribution in [3.05, 3.63) is 23.3 Å². The molecule has 0 aliphatic heterocycles. The first-order chi connectivity index (χ1) is 6.50. The molecule has 0 heterocycles. The second kappa shape index (κ2) is 4.33. The van der Waals surface area contributed by atoms with E-state index in [9.17, 15) is 0 Å². The van der Waals surface area contributed by atoms with Gasteiger partial charge in [-0.3, -0.25) is 0 Å². The second-order valence-electron chi connectivity index (χ2n) is 3.75. The van der Waals surface area contributed by atoms with Gasteiger partial charge in [-0.05, 0) is 44.0 Å². The Bertz CT molecular complexity index is 321. The zero-order valence-electron chi connectivity index (χ0n) is 8.96. The third-order valence-corrected chi connectivity index (χ3v) is 2.25. The van der Waals surface area contributed by atoms with Gasteiger partial charge in [-0.1, -0.05) is 0 Å². The predicted molar refractivity (Wildman–Crippen MR) is 60.5 cm³/mol. The summed E-state index contributed by atoms with van der Waals surface area (Å²) >= 11 is 0. The topological polar surface area (TPSA) is 58.3 Å². The van der Waals surface area contributed by atoms with Crippen LogP contribution in [0.3, 0.4) is 0 Å².